The van der Waals surface area contributed by atoms with Gasteiger partial charge in [-0.3, -0.25) is 9.59 Å². The molecule has 17 heavy (non-hydrogen) atoms. The summed E-state index contributed by atoms with van der Waals surface area (Å²) >= 11 is 0. The van der Waals surface area contributed by atoms with Crippen LogP contribution in [0, 0.1) is 17.0 Å². The van der Waals surface area contributed by atoms with E-state index in [9.17, 15) is 19.7 Å². The highest BCUT2D eigenvalue weighted by atomic mass is 16.6. The maximum atomic E-state index is 10.9. The maximum absolute atomic E-state index is 10.9. The van der Waals surface area contributed by atoms with Gasteiger partial charge in [0.25, 0.3) is 5.91 Å². The molecule has 0 aliphatic rings. The second-order valence-electron chi connectivity index (χ2n) is 3.44. The molecule has 1 N–H and O–H groups in total. The van der Waals surface area contributed by atoms with Crippen molar-refractivity contribution in [1.82, 2.24) is 15.1 Å². The van der Waals surface area contributed by atoms with Crippen molar-refractivity contribution in [1.29, 1.82) is 0 Å². The summed E-state index contributed by atoms with van der Waals surface area (Å²) in [4.78, 5) is 31.4. The number of hydrogen-bond donors (Lipinski definition) is 1. The maximum Gasteiger partial charge on any atom is 0.390 e. The molecular formula is C9H12N4O4. The summed E-state index contributed by atoms with van der Waals surface area (Å²) < 4.78 is 1.40. The van der Waals surface area contributed by atoms with Crippen molar-refractivity contribution in [3.05, 3.63) is 21.9 Å². The number of carbonyl (C=O) groups is 2. The van der Waals surface area contributed by atoms with Crippen LogP contribution in [-0.2, 0) is 16.1 Å². The van der Waals surface area contributed by atoms with Gasteiger partial charge in [-0.2, -0.15) is 4.68 Å². The zero-order chi connectivity index (χ0) is 13.0. The molecule has 0 radical (unpaired) electrons. The van der Waals surface area contributed by atoms with E-state index in [4.69, 9.17) is 0 Å². The Morgan fingerprint density at radius 2 is 2.24 bits per heavy atom. The number of aryl methyl sites for hydroxylation is 1. The van der Waals surface area contributed by atoms with Gasteiger partial charge in [0.2, 0.25) is 5.78 Å². The van der Waals surface area contributed by atoms with Crippen LogP contribution in [0.1, 0.15) is 12.6 Å². The van der Waals surface area contributed by atoms with E-state index < -0.39 is 16.6 Å². The molecule has 8 heteroatoms. The summed E-state index contributed by atoms with van der Waals surface area (Å²) in [6.45, 7) is 3.31. The molecule has 92 valence electrons. The topological polar surface area (TPSA) is 107 Å². The lowest BCUT2D eigenvalue weighted by Crippen LogP contribution is -2.32. The minimum absolute atomic E-state index is 0.193. The second kappa shape index (κ2) is 5.19. The minimum Gasteiger partial charge on any atom is -0.358 e. The number of nitro groups is 1. The number of nitrogens with zero attached hydrogens (tertiary/aromatic N) is 3. The van der Waals surface area contributed by atoms with Crippen molar-refractivity contribution < 1.29 is 14.5 Å². The molecule has 1 amide bonds. The molecule has 1 aromatic rings. The zero-order valence-corrected chi connectivity index (χ0v) is 9.47. The van der Waals surface area contributed by atoms with Crippen molar-refractivity contribution in [2.45, 2.75) is 20.4 Å². The molecule has 0 unspecified atom stereocenters. The van der Waals surface area contributed by atoms with Crippen LogP contribution in [0.3, 0.4) is 0 Å². The molecule has 0 aliphatic carbocycles. The number of Topliss-reactive ketones (excluding diaryl/α,β-unsaturated/α-hetero) is 1. The van der Waals surface area contributed by atoms with Crippen LogP contribution in [0.15, 0.2) is 6.07 Å². The first-order valence-electron chi connectivity index (χ1n) is 4.89. The second-order valence-corrected chi connectivity index (χ2v) is 3.44. The lowest BCUT2D eigenvalue weighted by Gasteiger charge is -2.01. The van der Waals surface area contributed by atoms with Gasteiger partial charge in [0.15, 0.2) is 0 Å². The Bertz CT molecular complexity index is 466. The van der Waals surface area contributed by atoms with Gasteiger partial charge in [0.1, 0.15) is 0 Å². The predicted molar refractivity (Wildman–Crippen MR) is 57.3 cm³/mol. The van der Waals surface area contributed by atoms with E-state index in [0.29, 0.717) is 5.69 Å². The minimum atomic E-state index is -0.677. The Morgan fingerprint density at radius 1 is 1.59 bits per heavy atom. The molecule has 0 fully saturated rings. The predicted octanol–water partition coefficient (Wildman–Crippen LogP) is -0.195. The average Bonchev–Trinajstić information content (AvgIpc) is 2.60. The highest BCUT2D eigenvalue weighted by Gasteiger charge is 2.15. The highest BCUT2D eigenvalue weighted by molar-refractivity contribution is 6.35. The van der Waals surface area contributed by atoms with Crippen LogP contribution in [0.2, 0.25) is 0 Å². The number of rotatable bonds is 5. The van der Waals surface area contributed by atoms with Crippen LogP contribution in [0.25, 0.3) is 0 Å². The lowest BCUT2D eigenvalue weighted by atomic mass is 10.4. The first-order valence-corrected chi connectivity index (χ1v) is 4.89. The third-order valence-electron chi connectivity index (χ3n) is 2.08. The number of ketones is 1. The SMILES string of the molecule is CC(=O)C(=O)NCCn1nc([N+](=O)[O-])cc1C. The Balaban J connectivity index is 2.55. The molecule has 0 saturated carbocycles. The molecule has 1 rings (SSSR count). The van der Waals surface area contributed by atoms with Crippen LogP contribution in [-0.4, -0.2) is 32.9 Å². The van der Waals surface area contributed by atoms with Crippen LogP contribution in [0.5, 0.6) is 0 Å². The summed E-state index contributed by atoms with van der Waals surface area (Å²) in [5.41, 5.74) is 0.619. The molecular weight excluding hydrogens is 228 g/mol. The highest BCUT2D eigenvalue weighted by Crippen LogP contribution is 2.10. The number of carbonyl (C=O) groups excluding carboxylic acids is 2. The summed E-state index contributed by atoms with van der Waals surface area (Å²) in [6.07, 6.45) is 0. The van der Waals surface area contributed by atoms with Crippen molar-refractivity contribution >= 4 is 17.5 Å². The molecule has 0 aromatic carbocycles. The smallest absolute Gasteiger partial charge is 0.358 e. The van der Waals surface area contributed by atoms with E-state index in [2.05, 4.69) is 10.4 Å². The molecule has 0 saturated heterocycles. The van der Waals surface area contributed by atoms with E-state index in [1.54, 1.807) is 6.92 Å². The number of aromatic nitrogens is 2. The normalized spacial score (nSPS) is 10.0. The Morgan fingerprint density at radius 3 is 2.71 bits per heavy atom. The average molecular weight is 240 g/mol. The molecule has 0 atom stereocenters. The van der Waals surface area contributed by atoms with E-state index in [1.165, 1.54) is 17.7 Å². The van der Waals surface area contributed by atoms with E-state index in [0.717, 1.165) is 0 Å². The van der Waals surface area contributed by atoms with Crippen molar-refractivity contribution in [3.8, 4) is 0 Å². The van der Waals surface area contributed by atoms with Gasteiger partial charge in [-0.15, -0.1) is 0 Å². The van der Waals surface area contributed by atoms with Gasteiger partial charge < -0.3 is 15.4 Å². The van der Waals surface area contributed by atoms with Crippen molar-refractivity contribution in [3.63, 3.8) is 0 Å². The molecule has 1 aromatic heterocycles. The summed E-state index contributed by atoms with van der Waals surface area (Å²) in [5.74, 6) is -1.49. The summed E-state index contributed by atoms with van der Waals surface area (Å²) in [7, 11) is 0. The monoisotopic (exact) mass is 240 g/mol. The van der Waals surface area contributed by atoms with E-state index in [1.807, 2.05) is 0 Å². The van der Waals surface area contributed by atoms with E-state index in [-0.39, 0.29) is 18.9 Å². The fourth-order valence-corrected chi connectivity index (χ4v) is 1.21. The molecule has 0 spiro atoms. The number of nitrogens with one attached hydrogen (secondary N) is 1. The van der Waals surface area contributed by atoms with Gasteiger partial charge in [0.05, 0.1) is 23.4 Å². The van der Waals surface area contributed by atoms with Gasteiger partial charge >= 0.3 is 5.82 Å². The summed E-state index contributed by atoms with van der Waals surface area (Å²) in [6, 6.07) is 1.34. The third kappa shape index (κ3) is 3.37. The van der Waals surface area contributed by atoms with Crippen molar-refractivity contribution in [2.24, 2.45) is 0 Å². The molecule has 1 heterocycles. The van der Waals surface area contributed by atoms with Crippen molar-refractivity contribution in [2.75, 3.05) is 6.54 Å². The fourth-order valence-electron chi connectivity index (χ4n) is 1.21. The first-order chi connectivity index (χ1) is 7.91. The van der Waals surface area contributed by atoms with Gasteiger partial charge in [0, 0.05) is 13.5 Å². The number of hydrogen-bond acceptors (Lipinski definition) is 5. The lowest BCUT2D eigenvalue weighted by molar-refractivity contribution is -0.389. The van der Waals surface area contributed by atoms with Crippen LogP contribution in [0.4, 0.5) is 5.82 Å². The standard InChI is InChI=1S/C9H12N4O4/c1-6-5-8(13(16)17)11-12(6)4-3-10-9(15)7(2)14/h5H,3-4H2,1-2H3,(H,10,15). The Hall–Kier alpha value is -2.25. The fraction of sp³-hybridized carbons (Fsp3) is 0.444. The quantitative estimate of drug-likeness (QED) is 0.436. The molecule has 0 bridgehead atoms. The van der Waals surface area contributed by atoms with Crippen LogP contribution >= 0.6 is 0 Å². The summed E-state index contributed by atoms with van der Waals surface area (Å²) in [5, 5.41) is 16.6. The molecule has 8 nitrogen and oxygen atoms in total. The number of amides is 1. The first kappa shape index (κ1) is 12.8. The third-order valence-corrected chi connectivity index (χ3v) is 2.08. The van der Waals surface area contributed by atoms with Gasteiger partial charge in [-0.25, -0.2) is 0 Å². The van der Waals surface area contributed by atoms with Gasteiger partial charge in [-0.1, -0.05) is 0 Å². The molecule has 0 aliphatic heterocycles. The largest absolute Gasteiger partial charge is 0.390 e. The van der Waals surface area contributed by atoms with Gasteiger partial charge in [-0.05, 0) is 11.8 Å². The Labute approximate surface area is 96.8 Å². The zero-order valence-electron chi connectivity index (χ0n) is 9.47. The van der Waals surface area contributed by atoms with Crippen LogP contribution < -0.4 is 5.32 Å². The van der Waals surface area contributed by atoms with E-state index >= 15 is 0 Å². The Kier molecular flexibility index (Phi) is 3.91.